The van der Waals surface area contributed by atoms with Gasteiger partial charge in [0.2, 0.25) is 0 Å². The van der Waals surface area contributed by atoms with Gasteiger partial charge in [-0.25, -0.2) is 0 Å². The van der Waals surface area contributed by atoms with Crippen LogP contribution in [-0.2, 0) is 6.42 Å². The minimum absolute atomic E-state index is 0.911. The zero-order chi connectivity index (χ0) is 13.2. The molecule has 0 heterocycles. The number of unbranched alkanes of at least 4 members (excludes halogenated alkanes) is 2. The summed E-state index contributed by atoms with van der Waals surface area (Å²) in [5, 5.41) is 3.43. The van der Waals surface area contributed by atoms with Crippen LogP contribution in [0.4, 0.5) is 0 Å². The Bertz CT molecular complexity index is 341. The highest BCUT2D eigenvalue weighted by Crippen LogP contribution is 2.24. The van der Waals surface area contributed by atoms with E-state index in [1.165, 1.54) is 31.2 Å². The van der Waals surface area contributed by atoms with Gasteiger partial charge in [-0.05, 0) is 56.5 Å². The van der Waals surface area contributed by atoms with Crippen LogP contribution in [0.15, 0.2) is 22.7 Å². The third-order valence-electron chi connectivity index (χ3n) is 2.99. The third-order valence-corrected chi connectivity index (χ3v) is 3.72. The van der Waals surface area contributed by atoms with Crippen LogP contribution in [0.3, 0.4) is 0 Å². The highest BCUT2D eigenvalue weighted by Gasteiger charge is 2.01. The van der Waals surface area contributed by atoms with Gasteiger partial charge in [-0.3, -0.25) is 0 Å². The van der Waals surface area contributed by atoms with Crippen molar-refractivity contribution in [3.05, 3.63) is 28.2 Å². The first-order chi connectivity index (χ1) is 8.77. The zero-order valence-electron chi connectivity index (χ0n) is 11.5. The van der Waals surface area contributed by atoms with Crippen LogP contribution < -0.4 is 10.1 Å². The molecule has 0 amide bonds. The molecule has 0 aliphatic rings. The second-order valence-corrected chi connectivity index (χ2v) is 5.37. The Balaban J connectivity index is 2.19. The zero-order valence-corrected chi connectivity index (χ0v) is 13.1. The molecule has 102 valence electrons. The average Bonchev–Trinajstić information content (AvgIpc) is 2.39. The van der Waals surface area contributed by atoms with Crippen molar-refractivity contribution in [3.8, 4) is 5.75 Å². The summed E-state index contributed by atoms with van der Waals surface area (Å²) in [5.41, 5.74) is 1.37. The minimum Gasteiger partial charge on any atom is -0.497 e. The highest BCUT2D eigenvalue weighted by atomic mass is 79.9. The fourth-order valence-electron chi connectivity index (χ4n) is 1.90. The van der Waals surface area contributed by atoms with Gasteiger partial charge in [0.05, 0.1) is 7.11 Å². The van der Waals surface area contributed by atoms with Gasteiger partial charge in [-0.15, -0.1) is 0 Å². The molecular formula is C15H24BrNO. The van der Waals surface area contributed by atoms with Crippen molar-refractivity contribution in [2.75, 3.05) is 20.2 Å². The molecule has 0 aromatic heterocycles. The number of benzene rings is 1. The molecular weight excluding hydrogens is 290 g/mol. The molecule has 1 aromatic rings. The molecule has 0 spiro atoms. The summed E-state index contributed by atoms with van der Waals surface area (Å²) in [6.07, 6.45) is 6.17. The maximum Gasteiger partial charge on any atom is 0.120 e. The molecule has 18 heavy (non-hydrogen) atoms. The molecule has 0 aliphatic carbocycles. The van der Waals surface area contributed by atoms with Crippen LogP contribution in [0.1, 0.15) is 38.2 Å². The van der Waals surface area contributed by atoms with Crippen molar-refractivity contribution >= 4 is 15.9 Å². The molecule has 0 atom stereocenters. The van der Waals surface area contributed by atoms with E-state index in [-0.39, 0.29) is 0 Å². The maximum atomic E-state index is 5.19. The summed E-state index contributed by atoms with van der Waals surface area (Å²) < 4.78 is 6.35. The van der Waals surface area contributed by atoms with Crippen molar-refractivity contribution in [3.63, 3.8) is 0 Å². The quantitative estimate of drug-likeness (QED) is 0.691. The fraction of sp³-hybridized carbons (Fsp3) is 0.600. The molecule has 0 fully saturated rings. The van der Waals surface area contributed by atoms with E-state index in [0.717, 1.165) is 29.7 Å². The van der Waals surface area contributed by atoms with E-state index in [1.807, 2.05) is 12.1 Å². The summed E-state index contributed by atoms with van der Waals surface area (Å²) in [7, 11) is 1.70. The maximum absolute atomic E-state index is 5.19. The summed E-state index contributed by atoms with van der Waals surface area (Å²) in [4.78, 5) is 0. The van der Waals surface area contributed by atoms with Crippen LogP contribution in [-0.4, -0.2) is 20.2 Å². The van der Waals surface area contributed by atoms with Crippen molar-refractivity contribution in [2.24, 2.45) is 0 Å². The first-order valence-corrected chi connectivity index (χ1v) is 7.60. The normalized spacial score (nSPS) is 10.6. The van der Waals surface area contributed by atoms with Crippen molar-refractivity contribution in [2.45, 2.75) is 39.0 Å². The lowest BCUT2D eigenvalue weighted by molar-refractivity contribution is 0.414. The molecule has 1 rings (SSSR count). The molecule has 0 saturated heterocycles. The fourth-order valence-corrected chi connectivity index (χ4v) is 2.46. The van der Waals surface area contributed by atoms with E-state index >= 15 is 0 Å². The van der Waals surface area contributed by atoms with Crippen LogP contribution in [0.25, 0.3) is 0 Å². The topological polar surface area (TPSA) is 21.3 Å². The standard InChI is InChI=1S/C15H24BrNO/c1-3-10-17-11-6-4-5-7-13-8-9-14(18-2)12-15(13)16/h8-9,12,17H,3-7,10-11H2,1-2H3. The molecule has 0 unspecified atom stereocenters. The SMILES string of the molecule is CCCNCCCCCc1ccc(OC)cc1Br. The molecule has 0 saturated carbocycles. The number of methoxy groups -OCH3 is 1. The predicted molar refractivity (Wildman–Crippen MR) is 81.4 cm³/mol. The summed E-state index contributed by atoms with van der Waals surface area (Å²) >= 11 is 3.60. The van der Waals surface area contributed by atoms with Gasteiger partial charge in [0.25, 0.3) is 0 Å². The Morgan fingerprint density at radius 1 is 1.17 bits per heavy atom. The van der Waals surface area contributed by atoms with Crippen LogP contribution in [0.5, 0.6) is 5.75 Å². The Kier molecular flexibility index (Phi) is 8.10. The first-order valence-electron chi connectivity index (χ1n) is 6.81. The summed E-state index contributed by atoms with van der Waals surface area (Å²) in [6, 6.07) is 6.22. The Hall–Kier alpha value is -0.540. The van der Waals surface area contributed by atoms with Gasteiger partial charge in [0.15, 0.2) is 0 Å². The monoisotopic (exact) mass is 313 g/mol. The second-order valence-electron chi connectivity index (χ2n) is 4.52. The van der Waals surface area contributed by atoms with Gasteiger partial charge < -0.3 is 10.1 Å². The van der Waals surface area contributed by atoms with Gasteiger partial charge in [0, 0.05) is 4.47 Å². The number of halogens is 1. The van der Waals surface area contributed by atoms with Gasteiger partial charge in [-0.2, -0.15) is 0 Å². The molecule has 2 nitrogen and oxygen atoms in total. The lowest BCUT2D eigenvalue weighted by atomic mass is 10.1. The van der Waals surface area contributed by atoms with E-state index in [0.29, 0.717) is 0 Å². The number of hydrogen-bond donors (Lipinski definition) is 1. The van der Waals surface area contributed by atoms with Crippen molar-refractivity contribution in [1.29, 1.82) is 0 Å². The van der Waals surface area contributed by atoms with Gasteiger partial charge in [0.1, 0.15) is 5.75 Å². The van der Waals surface area contributed by atoms with Crippen LogP contribution >= 0.6 is 15.9 Å². The van der Waals surface area contributed by atoms with Crippen molar-refractivity contribution < 1.29 is 4.74 Å². The predicted octanol–water partition coefficient (Wildman–Crippen LogP) is 4.17. The molecule has 3 heteroatoms. The highest BCUT2D eigenvalue weighted by molar-refractivity contribution is 9.10. The Morgan fingerprint density at radius 3 is 2.67 bits per heavy atom. The van der Waals surface area contributed by atoms with Gasteiger partial charge in [-0.1, -0.05) is 35.3 Å². The number of nitrogens with one attached hydrogen (secondary N) is 1. The first kappa shape index (κ1) is 15.5. The molecule has 1 N–H and O–H groups in total. The third kappa shape index (κ3) is 5.87. The second kappa shape index (κ2) is 9.40. The largest absolute Gasteiger partial charge is 0.497 e. The van der Waals surface area contributed by atoms with E-state index in [2.05, 4.69) is 34.2 Å². The summed E-state index contributed by atoms with van der Waals surface area (Å²) in [5.74, 6) is 0.911. The van der Waals surface area contributed by atoms with E-state index in [1.54, 1.807) is 7.11 Å². The van der Waals surface area contributed by atoms with E-state index in [4.69, 9.17) is 4.74 Å². The van der Waals surface area contributed by atoms with Crippen LogP contribution in [0, 0.1) is 0 Å². The number of rotatable bonds is 9. The Morgan fingerprint density at radius 2 is 2.00 bits per heavy atom. The number of aryl methyl sites for hydroxylation is 1. The Labute approximate surface area is 119 Å². The number of ether oxygens (including phenoxy) is 1. The lowest BCUT2D eigenvalue weighted by Gasteiger charge is -2.07. The molecule has 0 radical (unpaired) electrons. The minimum atomic E-state index is 0.911. The molecule has 1 aromatic carbocycles. The van der Waals surface area contributed by atoms with Gasteiger partial charge >= 0.3 is 0 Å². The van der Waals surface area contributed by atoms with Crippen molar-refractivity contribution in [1.82, 2.24) is 5.32 Å². The summed E-state index contributed by atoms with van der Waals surface area (Å²) in [6.45, 7) is 4.50. The number of hydrogen-bond acceptors (Lipinski definition) is 2. The smallest absolute Gasteiger partial charge is 0.120 e. The van der Waals surface area contributed by atoms with E-state index < -0.39 is 0 Å². The molecule has 0 aliphatic heterocycles. The van der Waals surface area contributed by atoms with Crippen LogP contribution in [0.2, 0.25) is 0 Å². The lowest BCUT2D eigenvalue weighted by Crippen LogP contribution is -2.15. The molecule has 0 bridgehead atoms. The van der Waals surface area contributed by atoms with E-state index in [9.17, 15) is 0 Å². The average molecular weight is 314 g/mol.